The number of carbonyl (C=O) groups excluding carboxylic acids is 3. The average molecular weight is 1090 g/mol. The zero-order valence-corrected chi connectivity index (χ0v) is 49.2. The fourth-order valence-corrected chi connectivity index (χ4v) is 9.60. The van der Waals surface area contributed by atoms with E-state index in [-0.39, 0.29) is 25.9 Å². The summed E-state index contributed by atoms with van der Waals surface area (Å²) in [5.41, 5.74) is 0. The van der Waals surface area contributed by atoms with E-state index in [9.17, 15) is 34.5 Å². The summed E-state index contributed by atoms with van der Waals surface area (Å²) in [5.74, 6) is -3.11. The topological polar surface area (TPSA) is 175 Å². The first-order valence-electron chi connectivity index (χ1n) is 31.6. The maximum atomic E-state index is 13.2. The molecule has 12 nitrogen and oxygen atoms in total. The Morgan fingerprint density at radius 3 is 1.25 bits per heavy atom. The number of ether oxygens (including phenoxy) is 5. The second-order valence-corrected chi connectivity index (χ2v) is 21.7. The van der Waals surface area contributed by atoms with E-state index in [4.69, 9.17) is 23.7 Å². The van der Waals surface area contributed by atoms with E-state index < -0.39 is 67.3 Å². The van der Waals surface area contributed by atoms with Gasteiger partial charge in [-0.15, -0.1) is 0 Å². The number of carboxylic acid groups (broad SMARTS) is 1. The number of hydrogen-bond acceptors (Lipinski definition) is 11. The molecule has 0 aliphatic carbocycles. The highest BCUT2D eigenvalue weighted by Crippen LogP contribution is 2.27. The summed E-state index contributed by atoms with van der Waals surface area (Å²) in [7, 11) is 0. The van der Waals surface area contributed by atoms with E-state index in [2.05, 4.69) is 69.4 Å². The molecule has 1 rings (SSSR count). The number of esters is 3. The van der Waals surface area contributed by atoms with E-state index in [1.807, 2.05) is 0 Å². The second kappa shape index (κ2) is 53.3. The molecule has 1 aliphatic rings. The number of aliphatic hydroxyl groups excluding tert-OH is 2. The van der Waals surface area contributed by atoms with Gasteiger partial charge in [0.05, 0.1) is 6.61 Å². The number of rotatable bonds is 54. The van der Waals surface area contributed by atoms with Gasteiger partial charge in [-0.2, -0.15) is 0 Å². The van der Waals surface area contributed by atoms with Gasteiger partial charge in [0.25, 0.3) is 0 Å². The van der Waals surface area contributed by atoms with Crippen molar-refractivity contribution in [2.24, 2.45) is 0 Å². The first kappa shape index (κ1) is 71.7. The lowest BCUT2D eigenvalue weighted by Gasteiger charge is -2.40. The Hall–Kier alpha value is -3.32. The number of aliphatic hydroxyl groups is 2. The van der Waals surface area contributed by atoms with Crippen LogP contribution in [0.5, 0.6) is 0 Å². The first-order chi connectivity index (χ1) is 37.6. The first-order valence-corrected chi connectivity index (χ1v) is 31.6. The molecular weight excluding hydrogens is 973 g/mol. The van der Waals surface area contributed by atoms with Crippen molar-refractivity contribution in [2.45, 2.75) is 327 Å². The molecule has 0 spiro atoms. The van der Waals surface area contributed by atoms with Gasteiger partial charge >= 0.3 is 23.9 Å². The molecule has 3 N–H and O–H groups in total. The van der Waals surface area contributed by atoms with Gasteiger partial charge in [-0.1, -0.05) is 262 Å². The van der Waals surface area contributed by atoms with Gasteiger partial charge in [0.1, 0.15) is 18.8 Å². The standard InChI is InChI=1S/C65H114O12/c1-4-7-10-13-16-19-22-25-27-28-29-30-32-34-36-39-42-45-48-51-57(66)73-54-56(75-58(67)52-49-46-43-40-37-33-24-21-18-15-12-9-6-3)55-74-65-63(61(70)60(69)62(77-65)64(71)72)76-59(68)53-50-47-44-41-38-35-31-26-23-20-17-14-11-8-5-2/h7,10,16,19,25,27,29-30,56,60-63,65,69-70H,4-6,8-9,11-15,17-18,20-24,26,28,31-55H2,1-3H3,(H,71,72)/b10-7-,19-16-,27-25-,30-29-. The number of hydrogen-bond donors (Lipinski definition) is 3. The van der Waals surface area contributed by atoms with E-state index in [0.717, 1.165) is 109 Å². The molecule has 77 heavy (non-hydrogen) atoms. The van der Waals surface area contributed by atoms with E-state index in [0.29, 0.717) is 19.3 Å². The van der Waals surface area contributed by atoms with Crippen LogP contribution in [0.1, 0.15) is 290 Å². The van der Waals surface area contributed by atoms with Crippen molar-refractivity contribution >= 4 is 23.9 Å². The Balaban J connectivity index is 2.65. The molecule has 0 saturated carbocycles. The molecule has 6 unspecified atom stereocenters. The van der Waals surface area contributed by atoms with E-state index in [1.165, 1.54) is 122 Å². The lowest BCUT2D eigenvalue weighted by atomic mass is 9.98. The average Bonchev–Trinajstić information content (AvgIpc) is 3.42. The van der Waals surface area contributed by atoms with Gasteiger partial charge in [-0.05, 0) is 57.8 Å². The molecule has 12 heteroatoms. The van der Waals surface area contributed by atoms with Gasteiger partial charge in [-0.3, -0.25) is 14.4 Å². The van der Waals surface area contributed by atoms with Crippen molar-refractivity contribution < 1.29 is 58.2 Å². The van der Waals surface area contributed by atoms with E-state index in [1.54, 1.807) is 0 Å². The SMILES string of the molecule is CC/C=C\C/C=C\C/C=C\C/C=C\CCCCCCCCC(=O)OCC(COC1OC(C(=O)O)C(O)C(O)C1OC(=O)CCCCCCCCCCCCCCCCC)OC(=O)CCCCCCCCCCCCCCC. The second-order valence-electron chi connectivity index (χ2n) is 21.7. The van der Waals surface area contributed by atoms with Crippen LogP contribution < -0.4 is 0 Å². The molecule has 0 bridgehead atoms. The Labute approximate surface area is 469 Å². The van der Waals surface area contributed by atoms with Gasteiger partial charge in [0.15, 0.2) is 24.6 Å². The third-order valence-corrected chi connectivity index (χ3v) is 14.4. The van der Waals surface area contributed by atoms with Crippen molar-refractivity contribution in [3.63, 3.8) is 0 Å². The normalized spacial score (nSPS) is 18.3. The van der Waals surface area contributed by atoms with Crippen LogP contribution in [0.2, 0.25) is 0 Å². The summed E-state index contributed by atoms with van der Waals surface area (Å²) in [6.45, 7) is 5.90. The summed E-state index contributed by atoms with van der Waals surface area (Å²) in [6, 6.07) is 0. The third kappa shape index (κ3) is 43.2. The van der Waals surface area contributed by atoms with Crippen LogP contribution in [0.4, 0.5) is 0 Å². The predicted octanol–water partition coefficient (Wildman–Crippen LogP) is 16.6. The molecule has 6 atom stereocenters. The Bertz CT molecular complexity index is 1520. The van der Waals surface area contributed by atoms with E-state index >= 15 is 0 Å². The predicted molar refractivity (Wildman–Crippen MR) is 312 cm³/mol. The van der Waals surface area contributed by atoms with Crippen LogP contribution in [-0.2, 0) is 42.9 Å². The lowest BCUT2D eigenvalue weighted by Crippen LogP contribution is -2.61. The lowest BCUT2D eigenvalue weighted by molar-refractivity contribution is -0.301. The minimum absolute atomic E-state index is 0.0642. The third-order valence-electron chi connectivity index (χ3n) is 14.4. The summed E-state index contributed by atoms with van der Waals surface area (Å²) in [5, 5.41) is 31.5. The fourth-order valence-electron chi connectivity index (χ4n) is 9.60. The summed E-state index contributed by atoms with van der Waals surface area (Å²) in [6.07, 6.45) is 52.1. The smallest absolute Gasteiger partial charge is 0.335 e. The molecule has 0 aromatic rings. The van der Waals surface area contributed by atoms with Gasteiger partial charge in [0, 0.05) is 19.3 Å². The zero-order valence-electron chi connectivity index (χ0n) is 49.2. The molecule has 0 aromatic carbocycles. The zero-order chi connectivity index (χ0) is 56.1. The van der Waals surface area contributed by atoms with Crippen molar-refractivity contribution in [1.82, 2.24) is 0 Å². The van der Waals surface area contributed by atoms with Crippen LogP contribution in [-0.4, -0.2) is 89.2 Å². The van der Waals surface area contributed by atoms with Crippen molar-refractivity contribution in [3.05, 3.63) is 48.6 Å². The van der Waals surface area contributed by atoms with Crippen LogP contribution in [0, 0.1) is 0 Å². The largest absolute Gasteiger partial charge is 0.479 e. The minimum atomic E-state index is -1.90. The van der Waals surface area contributed by atoms with Gasteiger partial charge < -0.3 is 39.0 Å². The summed E-state index contributed by atoms with van der Waals surface area (Å²) >= 11 is 0. The number of carboxylic acids is 1. The Morgan fingerprint density at radius 1 is 0.442 bits per heavy atom. The van der Waals surface area contributed by atoms with Gasteiger partial charge in [0.2, 0.25) is 0 Å². The molecule has 0 amide bonds. The van der Waals surface area contributed by atoms with Gasteiger partial charge in [-0.25, -0.2) is 4.79 Å². The number of allylic oxidation sites excluding steroid dienone is 8. The monoisotopic (exact) mass is 1090 g/mol. The minimum Gasteiger partial charge on any atom is -0.479 e. The highest BCUT2D eigenvalue weighted by Gasteiger charge is 2.50. The number of unbranched alkanes of at least 4 members (excludes halogenated alkanes) is 32. The molecule has 1 aliphatic heterocycles. The van der Waals surface area contributed by atoms with Crippen LogP contribution in [0.3, 0.4) is 0 Å². The maximum absolute atomic E-state index is 13.2. The van der Waals surface area contributed by atoms with Crippen LogP contribution >= 0.6 is 0 Å². The molecular formula is C65H114O12. The Morgan fingerprint density at radius 2 is 0.818 bits per heavy atom. The number of aliphatic carboxylic acids is 1. The molecule has 1 saturated heterocycles. The molecule has 0 aromatic heterocycles. The molecule has 1 fully saturated rings. The van der Waals surface area contributed by atoms with Crippen molar-refractivity contribution in [1.29, 1.82) is 0 Å². The highest BCUT2D eigenvalue weighted by molar-refractivity contribution is 5.74. The fraction of sp³-hybridized carbons (Fsp3) is 0.815. The van der Waals surface area contributed by atoms with Crippen LogP contribution in [0.25, 0.3) is 0 Å². The quantitative estimate of drug-likeness (QED) is 0.0228. The summed E-state index contributed by atoms with van der Waals surface area (Å²) < 4.78 is 28.5. The van der Waals surface area contributed by atoms with Crippen molar-refractivity contribution in [3.8, 4) is 0 Å². The number of carbonyl (C=O) groups is 4. The van der Waals surface area contributed by atoms with Crippen molar-refractivity contribution in [2.75, 3.05) is 13.2 Å². The summed E-state index contributed by atoms with van der Waals surface area (Å²) in [4.78, 5) is 51.2. The van der Waals surface area contributed by atoms with Crippen LogP contribution in [0.15, 0.2) is 48.6 Å². The maximum Gasteiger partial charge on any atom is 0.335 e. The Kier molecular flexibility index (Phi) is 49.7. The molecule has 1 heterocycles. The highest BCUT2D eigenvalue weighted by atomic mass is 16.7. The molecule has 446 valence electrons. The molecule has 0 radical (unpaired) electrons.